The highest BCUT2D eigenvalue weighted by molar-refractivity contribution is 7.89. The van der Waals surface area contributed by atoms with Crippen LogP contribution in [-0.4, -0.2) is 36.4 Å². The van der Waals surface area contributed by atoms with Crippen molar-refractivity contribution in [1.29, 1.82) is 0 Å². The first-order valence-electron chi connectivity index (χ1n) is 4.27. The smallest absolute Gasteiger partial charge is 0.244 e. The second kappa shape index (κ2) is 4.12. The zero-order valence-corrected chi connectivity index (χ0v) is 9.00. The van der Waals surface area contributed by atoms with Crippen molar-refractivity contribution in [3.05, 3.63) is 18.0 Å². The number of hydrogen-bond donors (Lipinski definition) is 2. The molecule has 0 saturated heterocycles. The van der Waals surface area contributed by atoms with Gasteiger partial charge in [-0.2, -0.15) is 0 Å². The van der Waals surface area contributed by atoms with Gasteiger partial charge in [-0.1, -0.05) is 6.92 Å². The van der Waals surface area contributed by atoms with E-state index < -0.39 is 10.0 Å². The number of aliphatic hydroxyl groups is 1. The molecule has 5 nitrogen and oxygen atoms in total. The third-order valence-corrected chi connectivity index (χ3v) is 3.95. The van der Waals surface area contributed by atoms with Gasteiger partial charge in [0.15, 0.2) is 0 Å². The topological polar surface area (TPSA) is 73.4 Å². The van der Waals surface area contributed by atoms with Crippen molar-refractivity contribution in [3.8, 4) is 0 Å². The van der Waals surface area contributed by atoms with Crippen LogP contribution < -0.4 is 0 Å². The minimum Gasteiger partial charge on any atom is -0.390 e. The van der Waals surface area contributed by atoms with Crippen LogP contribution in [0.1, 0.15) is 12.6 Å². The summed E-state index contributed by atoms with van der Waals surface area (Å²) in [5, 5.41) is 8.77. The zero-order chi connectivity index (χ0) is 10.8. The highest BCUT2D eigenvalue weighted by Crippen LogP contribution is 2.14. The highest BCUT2D eigenvalue weighted by atomic mass is 32.2. The Labute approximate surface area is 83.4 Å². The van der Waals surface area contributed by atoms with Gasteiger partial charge in [-0.15, -0.1) is 0 Å². The Balaban J connectivity index is 3.04. The summed E-state index contributed by atoms with van der Waals surface area (Å²) in [6, 6.07) is 1.43. The number of rotatable bonds is 4. The fraction of sp³-hybridized carbons (Fsp3) is 0.500. The Bertz CT molecular complexity index is 396. The maximum absolute atomic E-state index is 11.7. The molecule has 1 aromatic heterocycles. The number of H-pyrrole nitrogens is 1. The second-order valence-electron chi connectivity index (χ2n) is 2.94. The average molecular weight is 218 g/mol. The molecule has 2 N–H and O–H groups in total. The molecule has 0 aliphatic heterocycles. The van der Waals surface area contributed by atoms with Gasteiger partial charge in [0.25, 0.3) is 0 Å². The molecule has 6 heteroatoms. The van der Waals surface area contributed by atoms with Crippen molar-refractivity contribution in [3.63, 3.8) is 0 Å². The summed E-state index contributed by atoms with van der Waals surface area (Å²) in [6.45, 7) is 1.99. The molecule has 80 valence electrons. The maximum atomic E-state index is 11.7. The largest absolute Gasteiger partial charge is 0.390 e. The quantitative estimate of drug-likeness (QED) is 0.755. The average Bonchev–Trinajstić information content (AvgIpc) is 2.65. The first-order valence-corrected chi connectivity index (χ1v) is 5.71. The molecular weight excluding hydrogens is 204 g/mol. The van der Waals surface area contributed by atoms with Crippen molar-refractivity contribution >= 4 is 10.0 Å². The number of sulfonamides is 1. The van der Waals surface area contributed by atoms with E-state index in [1.165, 1.54) is 23.6 Å². The lowest BCUT2D eigenvalue weighted by Gasteiger charge is -2.12. The molecule has 0 aliphatic carbocycles. The van der Waals surface area contributed by atoms with Crippen molar-refractivity contribution in [1.82, 2.24) is 9.29 Å². The lowest BCUT2D eigenvalue weighted by atomic mass is 10.5. The van der Waals surface area contributed by atoms with Gasteiger partial charge in [0.1, 0.15) is 0 Å². The summed E-state index contributed by atoms with van der Waals surface area (Å²) < 4.78 is 24.7. The van der Waals surface area contributed by atoms with Gasteiger partial charge in [-0.05, 0) is 6.07 Å². The summed E-state index contributed by atoms with van der Waals surface area (Å²) in [6.07, 6.45) is 1.38. The number of aromatic amines is 1. The molecule has 1 heterocycles. The molecule has 0 aliphatic rings. The minimum absolute atomic E-state index is 0.186. The van der Waals surface area contributed by atoms with E-state index >= 15 is 0 Å². The van der Waals surface area contributed by atoms with Crippen LogP contribution in [-0.2, 0) is 16.6 Å². The fourth-order valence-electron chi connectivity index (χ4n) is 1.01. The second-order valence-corrected chi connectivity index (χ2v) is 4.98. The van der Waals surface area contributed by atoms with Crippen molar-refractivity contribution < 1.29 is 13.5 Å². The SMILES string of the molecule is CCN(C)S(=O)(=O)c1c[nH]c(CO)c1. The predicted octanol–water partition coefficient (Wildman–Crippen LogP) is 0.147. The van der Waals surface area contributed by atoms with Crippen LogP contribution >= 0.6 is 0 Å². The number of nitrogens with one attached hydrogen (secondary N) is 1. The Hall–Kier alpha value is -0.850. The van der Waals surface area contributed by atoms with E-state index in [-0.39, 0.29) is 11.5 Å². The van der Waals surface area contributed by atoms with Crippen molar-refractivity contribution in [2.24, 2.45) is 0 Å². The number of aromatic nitrogens is 1. The first-order chi connectivity index (χ1) is 6.52. The Morgan fingerprint density at radius 3 is 2.64 bits per heavy atom. The lowest BCUT2D eigenvalue weighted by molar-refractivity contribution is 0.277. The van der Waals surface area contributed by atoms with E-state index in [0.717, 1.165) is 0 Å². The number of hydrogen-bond acceptors (Lipinski definition) is 3. The molecule has 0 aromatic carbocycles. The van der Waals surface area contributed by atoms with Crippen molar-refractivity contribution in [2.75, 3.05) is 13.6 Å². The summed E-state index contributed by atoms with van der Waals surface area (Å²) in [7, 11) is -1.87. The van der Waals surface area contributed by atoms with Crippen LogP contribution in [0.3, 0.4) is 0 Å². The molecule has 0 radical (unpaired) electrons. The minimum atomic E-state index is -3.39. The normalized spacial score (nSPS) is 12.3. The van der Waals surface area contributed by atoms with E-state index in [4.69, 9.17) is 5.11 Å². The van der Waals surface area contributed by atoms with E-state index in [2.05, 4.69) is 4.98 Å². The molecule has 14 heavy (non-hydrogen) atoms. The van der Waals surface area contributed by atoms with Crippen LogP contribution in [0, 0.1) is 0 Å². The van der Waals surface area contributed by atoms with Gasteiger partial charge in [-0.25, -0.2) is 12.7 Å². The fourth-order valence-corrected chi connectivity index (χ4v) is 2.21. The van der Waals surface area contributed by atoms with Crippen LogP contribution in [0.2, 0.25) is 0 Å². The van der Waals surface area contributed by atoms with Crippen LogP contribution in [0.15, 0.2) is 17.2 Å². The maximum Gasteiger partial charge on any atom is 0.244 e. The van der Waals surface area contributed by atoms with Crippen LogP contribution in [0.25, 0.3) is 0 Å². The van der Waals surface area contributed by atoms with Gasteiger partial charge >= 0.3 is 0 Å². The van der Waals surface area contributed by atoms with Gasteiger partial charge < -0.3 is 10.1 Å². The molecule has 0 saturated carbocycles. The van der Waals surface area contributed by atoms with E-state index in [1.54, 1.807) is 6.92 Å². The van der Waals surface area contributed by atoms with Crippen molar-refractivity contribution in [2.45, 2.75) is 18.4 Å². The molecule has 1 rings (SSSR count). The molecule has 0 spiro atoms. The zero-order valence-electron chi connectivity index (χ0n) is 8.19. The molecule has 0 unspecified atom stereocenters. The molecule has 0 atom stereocenters. The van der Waals surface area contributed by atoms with Gasteiger partial charge in [-0.3, -0.25) is 0 Å². The van der Waals surface area contributed by atoms with Crippen LogP contribution in [0.4, 0.5) is 0 Å². The summed E-state index contributed by atoms with van der Waals surface area (Å²) in [5.41, 5.74) is 0.494. The Kier molecular flexibility index (Phi) is 3.30. The third kappa shape index (κ3) is 1.97. The summed E-state index contributed by atoms with van der Waals surface area (Å²) >= 11 is 0. The summed E-state index contributed by atoms with van der Waals surface area (Å²) in [5.74, 6) is 0. The lowest BCUT2D eigenvalue weighted by Crippen LogP contribution is -2.26. The van der Waals surface area contributed by atoms with E-state index in [1.807, 2.05) is 0 Å². The van der Waals surface area contributed by atoms with Gasteiger partial charge in [0.2, 0.25) is 10.0 Å². The monoisotopic (exact) mass is 218 g/mol. The standard InChI is InChI=1S/C8H14N2O3S/c1-3-10(2)14(12,13)8-4-7(6-11)9-5-8/h4-5,9,11H,3,6H2,1-2H3. The molecular formula is C8H14N2O3S. The molecule has 1 aromatic rings. The van der Waals surface area contributed by atoms with E-state index in [0.29, 0.717) is 12.2 Å². The van der Waals surface area contributed by atoms with E-state index in [9.17, 15) is 8.42 Å². The predicted molar refractivity (Wildman–Crippen MR) is 52.2 cm³/mol. The summed E-state index contributed by atoms with van der Waals surface area (Å²) in [4.78, 5) is 2.87. The third-order valence-electron chi connectivity index (χ3n) is 2.04. The molecule has 0 amide bonds. The number of nitrogens with zero attached hydrogens (tertiary/aromatic N) is 1. The van der Waals surface area contributed by atoms with Crippen LogP contribution in [0.5, 0.6) is 0 Å². The Morgan fingerprint density at radius 2 is 2.21 bits per heavy atom. The molecule has 0 fully saturated rings. The molecule has 0 bridgehead atoms. The highest BCUT2D eigenvalue weighted by Gasteiger charge is 2.20. The Morgan fingerprint density at radius 1 is 1.57 bits per heavy atom. The van der Waals surface area contributed by atoms with Gasteiger partial charge in [0.05, 0.1) is 11.5 Å². The van der Waals surface area contributed by atoms with Gasteiger partial charge in [0, 0.05) is 25.5 Å². The first kappa shape index (κ1) is 11.2. The number of aliphatic hydroxyl groups excluding tert-OH is 1.